The molecule has 0 radical (unpaired) electrons. The van der Waals surface area contributed by atoms with E-state index in [-0.39, 0.29) is 0 Å². The molecule has 41 heavy (non-hydrogen) atoms. The highest BCUT2D eigenvalue weighted by molar-refractivity contribution is 5.20. The van der Waals surface area contributed by atoms with Crippen molar-refractivity contribution in [2.75, 3.05) is 0 Å². The van der Waals surface area contributed by atoms with Gasteiger partial charge in [-0.15, -0.1) is 0 Å². The van der Waals surface area contributed by atoms with Crippen molar-refractivity contribution in [2.45, 2.75) is 77.4 Å². The number of aliphatic hydroxyl groups is 2. The molecule has 0 bridgehead atoms. The van der Waals surface area contributed by atoms with Gasteiger partial charge in [-0.2, -0.15) is 114 Å². The Morgan fingerprint density at radius 1 is 0.195 bits per heavy atom. The minimum Gasteiger partial charge on any atom is -0.352 e. The average Bonchev–Trinajstić information content (AvgIpc) is 2.70. The van der Waals surface area contributed by atoms with Crippen molar-refractivity contribution in [3.8, 4) is 0 Å². The van der Waals surface area contributed by atoms with E-state index < -0.39 is 77.4 Å². The summed E-state index contributed by atoms with van der Waals surface area (Å²) in [6, 6.07) is 0. The van der Waals surface area contributed by atoms with Crippen LogP contribution in [0, 0.1) is 0 Å². The first-order chi connectivity index (χ1) is 17.0. The Bertz CT molecular complexity index is 889. The average molecular weight is 684 g/mol. The van der Waals surface area contributed by atoms with Crippen LogP contribution in [0.1, 0.15) is 0 Å². The van der Waals surface area contributed by atoms with Crippen molar-refractivity contribution in [3.05, 3.63) is 0 Å². The van der Waals surface area contributed by atoms with E-state index in [0.717, 1.165) is 0 Å². The molecule has 2 unspecified atom stereocenters. The quantitative estimate of drug-likeness (QED) is 0.241. The van der Waals surface area contributed by atoms with Gasteiger partial charge in [0.2, 0.25) is 0 Å². The summed E-state index contributed by atoms with van der Waals surface area (Å²) in [5, 5.41) is 16.0. The smallest absolute Gasteiger partial charge is 0.352 e. The highest BCUT2D eigenvalue weighted by Crippen LogP contribution is 2.67. The minimum atomic E-state index is -9.73. The Balaban J connectivity index is 7.41. The lowest BCUT2D eigenvalue weighted by Crippen LogP contribution is -2.79. The van der Waals surface area contributed by atoms with E-state index >= 15 is 0 Å². The van der Waals surface area contributed by atoms with Crippen molar-refractivity contribution in [1.29, 1.82) is 0 Å². The number of alkyl halides is 26. The Labute approximate surface area is 203 Å². The summed E-state index contributed by atoms with van der Waals surface area (Å²) < 4.78 is 338. The van der Waals surface area contributed by atoms with Crippen LogP contribution in [0.2, 0.25) is 0 Å². The standard InChI is InChI=1S/C13H2F26O2/c14-1(15,3(18,19)5(22,23)7(26,27)9(30,31)12(34,35)36)2(16,17)4(20,21)6(24,25)8(28,29)10(32,40)11(33,41)13(37,38)39/h40-41H. The zero-order chi connectivity index (χ0) is 34.5. The van der Waals surface area contributed by atoms with E-state index in [1.165, 1.54) is 0 Å². The molecule has 2 atom stereocenters. The summed E-state index contributed by atoms with van der Waals surface area (Å²) in [7, 11) is 0. The number of hydrogen-bond donors (Lipinski definition) is 2. The van der Waals surface area contributed by atoms with Crippen LogP contribution in [0.15, 0.2) is 0 Å². The molecule has 0 aromatic heterocycles. The van der Waals surface area contributed by atoms with Gasteiger partial charge in [0.05, 0.1) is 0 Å². The molecule has 0 saturated carbocycles. The van der Waals surface area contributed by atoms with Gasteiger partial charge < -0.3 is 10.2 Å². The van der Waals surface area contributed by atoms with Gasteiger partial charge in [-0.1, -0.05) is 0 Å². The van der Waals surface area contributed by atoms with Gasteiger partial charge in [0.25, 0.3) is 0 Å². The Morgan fingerprint density at radius 2 is 0.366 bits per heavy atom. The van der Waals surface area contributed by atoms with Gasteiger partial charge in [0.15, 0.2) is 0 Å². The van der Waals surface area contributed by atoms with E-state index in [2.05, 4.69) is 0 Å². The maximum Gasteiger partial charge on any atom is 0.460 e. The minimum absolute atomic E-state index is 7.90. The maximum absolute atomic E-state index is 13.5. The van der Waals surface area contributed by atoms with E-state index in [9.17, 15) is 114 Å². The van der Waals surface area contributed by atoms with Crippen molar-refractivity contribution in [1.82, 2.24) is 0 Å². The topological polar surface area (TPSA) is 40.5 Å². The molecule has 0 amide bonds. The lowest BCUT2D eigenvalue weighted by atomic mass is 9.84. The highest BCUT2D eigenvalue weighted by atomic mass is 19.4. The van der Waals surface area contributed by atoms with Crippen LogP contribution in [-0.4, -0.2) is 87.6 Å². The summed E-state index contributed by atoms with van der Waals surface area (Å²) in [5.41, 5.74) is 0. The number of hydrogen-bond acceptors (Lipinski definition) is 2. The van der Waals surface area contributed by atoms with Crippen LogP contribution in [0.5, 0.6) is 0 Å². The molecule has 248 valence electrons. The molecule has 0 rings (SSSR count). The normalized spacial score (nSPS) is 19.6. The van der Waals surface area contributed by atoms with Crippen LogP contribution in [0.3, 0.4) is 0 Å². The van der Waals surface area contributed by atoms with Crippen LogP contribution < -0.4 is 0 Å². The highest BCUT2D eigenvalue weighted by Gasteiger charge is 2.99. The van der Waals surface area contributed by atoms with Gasteiger partial charge in [-0.05, 0) is 0 Å². The lowest BCUT2D eigenvalue weighted by Gasteiger charge is -2.46. The fourth-order valence-electron chi connectivity index (χ4n) is 2.16. The molecule has 0 aromatic carbocycles. The van der Waals surface area contributed by atoms with Crippen LogP contribution >= 0.6 is 0 Å². The Morgan fingerprint density at radius 3 is 0.537 bits per heavy atom. The third-order valence-electron chi connectivity index (χ3n) is 4.74. The molecular formula is C13H2F26O2. The monoisotopic (exact) mass is 684 g/mol. The van der Waals surface area contributed by atoms with Gasteiger partial charge in [-0.25, -0.2) is 0 Å². The number of halogens is 26. The molecule has 0 aromatic rings. The molecule has 0 heterocycles. The third kappa shape index (κ3) is 4.41. The molecule has 0 saturated heterocycles. The SMILES string of the molecule is OC(F)(C(F)(F)F)C(O)(F)C(F)(F)C(F)(F)C(F)(F)C(F)(F)C(F)(F)C(F)(F)C(F)(F)C(F)(F)C(F)(F)C(F)(F)F. The van der Waals surface area contributed by atoms with Gasteiger partial charge >= 0.3 is 77.4 Å². The lowest BCUT2D eigenvalue weighted by molar-refractivity contribution is -0.500. The second kappa shape index (κ2) is 9.06. The third-order valence-corrected chi connectivity index (χ3v) is 4.74. The second-order valence-electron chi connectivity index (χ2n) is 7.41. The Hall–Kier alpha value is -1.90. The van der Waals surface area contributed by atoms with E-state index in [1.807, 2.05) is 0 Å². The van der Waals surface area contributed by atoms with E-state index in [1.54, 1.807) is 0 Å². The largest absolute Gasteiger partial charge is 0.460 e. The Kier molecular flexibility index (Phi) is 8.64. The van der Waals surface area contributed by atoms with Gasteiger partial charge in [0, 0.05) is 0 Å². The molecule has 0 aliphatic heterocycles. The van der Waals surface area contributed by atoms with Gasteiger partial charge in [0.1, 0.15) is 0 Å². The maximum atomic E-state index is 13.5. The zero-order valence-electron chi connectivity index (χ0n) is 17.2. The second-order valence-corrected chi connectivity index (χ2v) is 7.41. The van der Waals surface area contributed by atoms with Crippen LogP contribution in [0.25, 0.3) is 0 Å². The first kappa shape index (κ1) is 39.1. The summed E-state index contributed by atoms with van der Waals surface area (Å²) in [5.74, 6) is -101. The predicted octanol–water partition coefficient (Wildman–Crippen LogP) is 7.14. The fourth-order valence-corrected chi connectivity index (χ4v) is 2.16. The van der Waals surface area contributed by atoms with Crippen molar-refractivity contribution in [2.24, 2.45) is 0 Å². The molecule has 0 aliphatic rings. The van der Waals surface area contributed by atoms with Crippen molar-refractivity contribution in [3.63, 3.8) is 0 Å². The summed E-state index contributed by atoms with van der Waals surface area (Å²) in [4.78, 5) is 0. The molecule has 2 nitrogen and oxygen atoms in total. The van der Waals surface area contributed by atoms with Crippen molar-refractivity contribution >= 4 is 0 Å². The zero-order valence-corrected chi connectivity index (χ0v) is 17.2. The van der Waals surface area contributed by atoms with Crippen LogP contribution in [0.4, 0.5) is 114 Å². The summed E-state index contributed by atoms with van der Waals surface area (Å²) in [6.07, 6.45) is -16.1. The number of rotatable bonds is 10. The van der Waals surface area contributed by atoms with E-state index in [0.29, 0.717) is 0 Å². The first-order valence-corrected chi connectivity index (χ1v) is 8.36. The predicted molar refractivity (Wildman–Crippen MR) is 68.7 cm³/mol. The molecular weight excluding hydrogens is 682 g/mol. The molecule has 0 fully saturated rings. The molecule has 0 aliphatic carbocycles. The molecule has 28 heteroatoms. The summed E-state index contributed by atoms with van der Waals surface area (Å²) in [6.45, 7) is 0. The van der Waals surface area contributed by atoms with Gasteiger partial charge in [-0.3, -0.25) is 0 Å². The molecule has 2 N–H and O–H groups in total. The van der Waals surface area contributed by atoms with E-state index in [4.69, 9.17) is 10.2 Å². The summed E-state index contributed by atoms with van der Waals surface area (Å²) >= 11 is 0. The van der Waals surface area contributed by atoms with Crippen molar-refractivity contribution < 1.29 is 124 Å². The fraction of sp³-hybridized carbons (Fsp3) is 1.00. The molecule has 0 spiro atoms. The first-order valence-electron chi connectivity index (χ1n) is 8.36. The van der Waals surface area contributed by atoms with Crippen LogP contribution in [-0.2, 0) is 0 Å².